The summed E-state index contributed by atoms with van der Waals surface area (Å²) in [7, 11) is 1.68. The zero-order valence-electron chi connectivity index (χ0n) is 10.7. The number of methoxy groups -OCH3 is 1. The molecule has 1 aromatic rings. The molecule has 1 aromatic carbocycles. The van der Waals surface area contributed by atoms with Gasteiger partial charge in [-0.1, -0.05) is 34.5 Å². The predicted octanol–water partition coefficient (Wildman–Crippen LogP) is 2.49. The summed E-state index contributed by atoms with van der Waals surface area (Å²) < 4.78 is 6.01. The molecule has 0 aliphatic carbocycles. The van der Waals surface area contributed by atoms with Crippen molar-refractivity contribution in [2.75, 3.05) is 26.9 Å². The lowest BCUT2D eigenvalue weighted by atomic mass is 9.78. The average Bonchev–Trinajstić information content (AvgIpc) is 2.41. The van der Waals surface area contributed by atoms with Gasteiger partial charge >= 0.3 is 0 Å². The normalized spacial score (nSPS) is 11.8. The fraction of sp³-hybridized carbons (Fsp3) is 0.571. The van der Waals surface area contributed by atoms with Gasteiger partial charge in [0.2, 0.25) is 0 Å². The molecule has 0 amide bonds. The van der Waals surface area contributed by atoms with Crippen molar-refractivity contribution < 1.29 is 14.9 Å². The number of rotatable bonds is 8. The fourth-order valence-corrected chi connectivity index (χ4v) is 2.31. The quantitative estimate of drug-likeness (QED) is 0.724. The summed E-state index contributed by atoms with van der Waals surface area (Å²) in [5, 5.41) is 19.3. The molecule has 0 fully saturated rings. The largest absolute Gasteiger partial charge is 0.395 e. The molecule has 0 aromatic heterocycles. The van der Waals surface area contributed by atoms with E-state index in [-0.39, 0.29) is 13.2 Å². The van der Waals surface area contributed by atoms with E-state index in [0.717, 1.165) is 29.3 Å². The summed E-state index contributed by atoms with van der Waals surface area (Å²) in [5.74, 6) is 0. The van der Waals surface area contributed by atoms with E-state index in [1.165, 1.54) is 0 Å². The van der Waals surface area contributed by atoms with Crippen molar-refractivity contribution in [2.24, 2.45) is 0 Å². The van der Waals surface area contributed by atoms with Crippen LogP contribution in [0.25, 0.3) is 0 Å². The van der Waals surface area contributed by atoms with Crippen LogP contribution in [-0.2, 0) is 10.2 Å². The van der Waals surface area contributed by atoms with E-state index in [2.05, 4.69) is 15.9 Å². The second-order valence-corrected chi connectivity index (χ2v) is 5.47. The standard InChI is InChI=1S/C14H21BrO3/c1-18-9-3-2-8-14(10-16,11-17)12-4-6-13(15)7-5-12/h4-7,16-17H,2-3,8-11H2,1H3. The number of unbranched alkanes of at least 4 members (excludes halogenated alkanes) is 1. The highest BCUT2D eigenvalue weighted by Crippen LogP contribution is 2.30. The second-order valence-electron chi connectivity index (χ2n) is 4.55. The molecule has 102 valence electrons. The van der Waals surface area contributed by atoms with Crippen molar-refractivity contribution in [2.45, 2.75) is 24.7 Å². The number of hydrogen-bond donors (Lipinski definition) is 2. The Balaban J connectivity index is 2.75. The van der Waals surface area contributed by atoms with E-state index >= 15 is 0 Å². The molecule has 4 heteroatoms. The Bertz CT molecular complexity index is 333. The minimum Gasteiger partial charge on any atom is -0.395 e. The van der Waals surface area contributed by atoms with E-state index < -0.39 is 5.41 Å². The Kier molecular flexibility index (Phi) is 6.86. The molecule has 0 unspecified atom stereocenters. The summed E-state index contributed by atoms with van der Waals surface area (Å²) in [6, 6.07) is 7.77. The molecule has 1 rings (SSSR count). The van der Waals surface area contributed by atoms with Gasteiger partial charge in [-0.3, -0.25) is 0 Å². The van der Waals surface area contributed by atoms with Gasteiger partial charge in [0.15, 0.2) is 0 Å². The Labute approximate surface area is 117 Å². The summed E-state index contributed by atoms with van der Waals surface area (Å²) >= 11 is 3.39. The monoisotopic (exact) mass is 316 g/mol. The van der Waals surface area contributed by atoms with Crippen LogP contribution in [0.3, 0.4) is 0 Å². The highest BCUT2D eigenvalue weighted by atomic mass is 79.9. The molecule has 0 aliphatic heterocycles. The molecule has 0 saturated carbocycles. The lowest BCUT2D eigenvalue weighted by Gasteiger charge is -2.30. The Morgan fingerprint density at radius 3 is 2.22 bits per heavy atom. The smallest absolute Gasteiger partial charge is 0.0550 e. The lowest BCUT2D eigenvalue weighted by molar-refractivity contribution is 0.103. The minimum atomic E-state index is -0.547. The van der Waals surface area contributed by atoms with Gasteiger partial charge in [-0.15, -0.1) is 0 Å². The topological polar surface area (TPSA) is 49.7 Å². The third-order valence-electron chi connectivity index (χ3n) is 3.32. The molecule has 3 nitrogen and oxygen atoms in total. The van der Waals surface area contributed by atoms with E-state index in [4.69, 9.17) is 4.74 Å². The summed E-state index contributed by atoms with van der Waals surface area (Å²) in [6.45, 7) is 0.628. The molecule has 0 heterocycles. The highest BCUT2D eigenvalue weighted by molar-refractivity contribution is 9.10. The molecule has 0 radical (unpaired) electrons. The SMILES string of the molecule is COCCCCC(CO)(CO)c1ccc(Br)cc1. The number of halogens is 1. The predicted molar refractivity (Wildman–Crippen MR) is 75.7 cm³/mol. The van der Waals surface area contributed by atoms with Gasteiger partial charge in [0.1, 0.15) is 0 Å². The van der Waals surface area contributed by atoms with Crippen LogP contribution < -0.4 is 0 Å². The number of aliphatic hydroxyl groups is 2. The van der Waals surface area contributed by atoms with Crippen LogP contribution in [0.15, 0.2) is 28.7 Å². The van der Waals surface area contributed by atoms with E-state index in [0.29, 0.717) is 6.61 Å². The first-order valence-electron chi connectivity index (χ1n) is 6.15. The maximum atomic E-state index is 9.65. The third-order valence-corrected chi connectivity index (χ3v) is 3.84. The Morgan fingerprint density at radius 2 is 1.72 bits per heavy atom. The molecule has 0 spiro atoms. The van der Waals surface area contributed by atoms with E-state index in [1.54, 1.807) is 7.11 Å². The minimum absolute atomic E-state index is 0.0435. The van der Waals surface area contributed by atoms with E-state index in [1.807, 2.05) is 24.3 Å². The van der Waals surface area contributed by atoms with Gasteiger partial charge in [-0.2, -0.15) is 0 Å². The maximum Gasteiger partial charge on any atom is 0.0550 e. The van der Waals surface area contributed by atoms with Gasteiger partial charge in [0.25, 0.3) is 0 Å². The number of hydrogen-bond acceptors (Lipinski definition) is 3. The number of aliphatic hydroxyl groups excluding tert-OH is 2. The first kappa shape index (κ1) is 15.6. The van der Waals surface area contributed by atoms with Crippen LogP contribution in [0.2, 0.25) is 0 Å². The summed E-state index contributed by atoms with van der Waals surface area (Å²) in [6.07, 6.45) is 2.62. The van der Waals surface area contributed by atoms with Crippen LogP contribution in [0.4, 0.5) is 0 Å². The van der Waals surface area contributed by atoms with Gasteiger partial charge in [-0.05, 0) is 30.5 Å². The van der Waals surface area contributed by atoms with Gasteiger partial charge in [-0.25, -0.2) is 0 Å². The summed E-state index contributed by atoms with van der Waals surface area (Å²) in [4.78, 5) is 0. The first-order valence-corrected chi connectivity index (χ1v) is 6.94. The van der Waals surface area contributed by atoms with Crippen molar-refractivity contribution >= 4 is 15.9 Å². The third kappa shape index (κ3) is 4.05. The summed E-state index contributed by atoms with van der Waals surface area (Å²) in [5.41, 5.74) is 0.433. The average molecular weight is 317 g/mol. The van der Waals surface area contributed by atoms with Crippen LogP contribution in [0.1, 0.15) is 24.8 Å². The molecular weight excluding hydrogens is 296 g/mol. The first-order chi connectivity index (χ1) is 8.68. The fourth-order valence-electron chi connectivity index (χ4n) is 2.05. The van der Waals surface area contributed by atoms with Crippen LogP contribution in [0.5, 0.6) is 0 Å². The maximum absolute atomic E-state index is 9.65. The molecule has 18 heavy (non-hydrogen) atoms. The van der Waals surface area contributed by atoms with Crippen molar-refractivity contribution in [3.8, 4) is 0 Å². The lowest BCUT2D eigenvalue weighted by Crippen LogP contribution is -2.34. The zero-order chi connectivity index (χ0) is 13.4. The highest BCUT2D eigenvalue weighted by Gasteiger charge is 2.30. The molecule has 0 bridgehead atoms. The number of benzene rings is 1. The second kappa shape index (κ2) is 7.89. The van der Waals surface area contributed by atoms with Gasteiger partial charge < -0.3 is 14.9 Å². The van der Waals surface area contributed by atoms with Crippen molar-refractivity contribution in [1.82, 2.24) is 0 Å². The van der Waals surface area contributed by atoms with Gasteiger partial charge in [0, 0.05) is 23.6 Å². The Morgan fingerprint density at radius 1 is 1.11 bits per heavy atom. The molecule has 2 N–H and O–H groups in total. The zero-order valence-corrected chi connectivity index (χ0v) is 12.3. The van der Waals surface area contributed by atoms with Gasteiger partial charge in [0.05, 0.1) is 13.2 Å². The molecular formula is C14H21BrO3. The Hall–Kier alpha value is -0.420. The molecule has 0 saturated heterocycles. The molecule has 0 atom stereocenters. The van der Waals surface area contributed by atoms with Crippen molar-refractivity contribution in [1.29, 1.82) is 0 Å². The van der Waals surface area contributed by atoms with Crippen LogP contribution in [0, 0.1) is 0 Å². The number of ether oxygens (including phenoxy) is 1. The van der Waals surface area contributed by atoms with E-state index in [9.17, 15) is 10.2 Å². The van der Waals surface area contributed by atoms with Crippen molar-refractivity contribution in [3.05, 3.63) is 34.3 Å². The van der Waals surface area contributed by atoms with Crippen molar-refractivity contribution in [3.63, 3.8) is 0 Å². The molecule has 0 aliphatic rings. The van der Waals surface area contributed by atoms with Crippen LogP contribution >= 0.6 is 15.9 Å². The van der Waals surface area contributed by atoms with Crippen LogP contribution in [-0.4, -0.2) is 37.1 Å².